The van der Waals surface area contributed by atoms with Crippen molar-refractivity contribution in [1.29, 1.82) is 0 Å². The third-order valence-electron chi connectivity index (χ3n) is 4.33. The van der Waals surface area contributed by atoms with Crippen LogP contribution >= 0.6 is 15.9 Å². The fraction of sp³-hybridized carbons (Fsp3) is 0.647. The number of benzene rings is 1. The SMILES string of the molecule is CN(C)c1cccc(OCC2(CBr)CCCCCC2)c1. The minimum atomic E-state index is 0.324. The zero-order valence-electron chi connectivity index (χ0n) is 12.7. The van der Waals surface area contributed by atoms with Crippen LogP contribution in [0.3, 0.4) is 0 Å². The molecular formula is C17H26BrNO. The van der Waals surface area contributed by atoms with Gasteiger partial charge in [-0.25, -0.2) is 0 Å². The van der Waals surface area contributed by atoms with Gasteiger partial charge < -0.3 is 9.64 Å². The van der Waals surface area contributed by atoms with Crippen molar-refractivity contribution in [3.05, 3.63) is 24.3 Å². The molecule has 1 aromatic carbocycles. The van der Waals surface area contributed by atoms with Gasteiger partial charge in [-0.2, -0.15) is 0 Å². The summed E-state index contributed by atoms with van der Waals surface area (Å²) in [5.74, 6) is 0.987. The molecule has 0 bridgehead atoms. The van der Waals surface area contributed by atoms with E-state index in [9.17, 15) is 0 Å². The minimum Gasteiger partial charge on any atom is -0.493 e. The summed E-state index contributed by atoms with van der Waals surface area (Å²) in [5.41, 5.74) is 1.52. The number of alkyl halides is 1. The summed E-state index contributed by atoms with van der Waals surface area (Å²) >= 11 is 3.73. The lowest BCUT2D eigenvalue weighted by Crippen LogP contribution is -2.30. The van der Waals surface area contributed by atoms with Crippen LogP contribution < -0.4 is 9.64 Å². The molecule has 3 heteroatoms. The molecule has 1 aliphatic carbocycles. The molecule has 20 heavy (non-hydrogen) atoms. The first-order chi connectivity index (χ1) is 9.65. The molecule has 0 aromatic heterocycles. The van der Waals surface area contributed by atoms with Crippen molar-refractivity contribution in [2.24, 2.45) is 5.41 Å². The van der Waals surface area contributed by atoms with E-state index in [4.69, 9.17) is 4.74 Å². The third kappa shape index (κ3) is 4.15. The topological polar surface area (TPSA) is 12.5 Å². The number of nitrogens with zero attached hydrogens (tertiary/aromatic N) is 1. The second kappa shape index (κ2) is 7.35. The standard InChI is InChI=1S/C17H26BrNO/c1-19(2)15-8-7-9-16(12-15)20-14-17(13-18)10-5-3-4-6-11-17/h7-9,12H,3-6,10-11,13-14H2,1-2H3. The summed E-state index contributed by atoms with van der Waals surface area (Å²) < 4.78 is 6.13. The van der Waals surface area contributed by atoms with E-state index in [1.165, 1.54) is 44.2 Å². The predicted octanol–water partition coefficient (Wildman–Crippen LogP) is 4.87. The first kappa shape index (κ1) is 15.7. The van der Waals surface area contributed by atoms with Gasteiger partial charge in [0.2, 0.25) is 0 Å². The molecule has 0 amide bonds. The number of halogens is 1. The second-order valence-electron chi connectivity index (χ2n) is 6.23. The van der Waals surface area contributed by atoms with Gasteiger partial charge in [0.05, 0.1) is 6.61 Å². The first-order valence-corrected chi connectivity index (χ1v) is 8.74. The molecule has 0 spiro atoms. The number of ether oxygens (including phenoxy) is 1. The Labute approximate surface area is 131 Å². The normalized spacial score (nSPS) is 18.4. The molecule has 1 fully saturated rings. The summed E-state index contributed by atoms with van der Waals surface area (Å²) in [6.07, 6.45) is 8.01. The molecule has 0 unspecified atom stereocenters. The predicted molar refractivity (Wildman–Crippen MR) is 90.2 cm³/mol. The smallest absolute Gasteiger partial charge is 0.121 e. The van der Waals surface area contributed by atoms with Crippen LogP contribution in [0.5, 0.6) is 5.75 Å². The van der Waals surface area contributed by atoms with E-state index in [1.54, 1.807) is 0 Å². The molecule has 1 aliphatic rings. The van der Waals surface area contributed by atoms with Gasteiger partial charge in [0.15, 0.2) is 0 Å². The van der Waals surface area contributed by atoms with Crippen molar-refractivity contribution in [2.75, 3.05) is 30.9 Å². The van der Waals surface area contributed by atoms with Gasteiger partial charge in [-0.3, -0.25) is 0 Å². The average molecular weight is 340 g/mol. The van der Waals surface area contributed by atoms with Crippen LogP contribution in [0.4, 0.5) is 5.69 Å². The van der Waals surface area contributed by atoms with Crippen LogP contribution in [0.2, 0.25) is 0 Å². The summed E-state index contributed by atoms with van der Waals surface area (Å²) in [5, 5.41) is 1.05. The molecule has 0 aliphatic heterocycles. The number of anilines is 1. The Morgan fingerprint density at radius 2 is 1.85 bits per heavy atom. The van der Waals surface area contributed by atoms with Crippen LogP contribution in [0, 0.1) is 5.41 Å². The zero-order valence-corrected chi connectivity index (χ0v) is 14.3. The lowest BCUT2D eigenvalue weighted by Gasteiger charge is -2.30. The highest BCUT2D eigenvalue weighted by molar-refractivity contribution is 9.09. The first-order valence-electron chi connectivity index (χ1n) is 7.61. The summed E-state index contributed by atoms with van der Waals surface area (Å²) in [7, 11) is 4.12. The van der Waals surface area contributed by atoms with Crippen molar-refractivity contribution in [2.45, 2.75) is 38.5 Å². The maximum atomic E-state index is 6.13. The van der Waals surface area contributed by atoms with E-state index in [-0.39, 0.29) is 0 Å². The average Bonchev–Trinajstić information content (AvgIpc) is 2.72. The van der Waals surface area contributed by atoms with Gasteiger partial charge in [-0.15, -0.1) is 0 Å². The van der Waals surface area contributed by atoms with Crippen molar-refractivity contribution in [3.8, 4) is 5.75 Å². The van der Waals surface area contributed by atoms with Crippen LogP contribution in [-0.4, -0.2) is 26.0 Å². The summed E-state index contributed by atoms with van der Waals surface area (Å²) in [6, 6.07) is 8.36. The Kier molecular flexibility index (Phi) is 5.76. The fourth-order valence-corrected chi connectivity index (χ4v) is 3.61. The molecule has 0 radical (unpaired) electrons. The quantitative estimate of drug-likeness (QED) is 0.560. The Balaban J connectivity index is 2.00. The molecule has 1 saturated carbocycles. The molecule has 112 valence electrons. The van der Waals surface area contributed by atoms with Gasteiger partial charge in [0.25, 0.3) is 0 Å². The lowest BCUT2D eigenvalue weighted by atomic mass is 9.83. The molecule has 2 nitrogen and oxygen atoms in total. The van der Waals surface area contributed by atoms with Crippen molar-refractivity contribution in [1.82, 2.24) is 0 Å². The van der Waals surface area contributed by atoms with Crippen molar-refractivity contribution >= 4 is 21.6 Å². The van der Waals surface area contributed by atoms with Gasteiger partial charge in [0, 0.05) is 36.6 Å². The van der Waals surface area contributed by atoms with E-state index in [0.29, 0.717) is 5.41 Å². The summed E-state index contributed by atoms with van der Waals surface area (Å²) in [6.45, 7) is 0.829. The number of hydrogen-bond acceptors (Lipinski definition) is 2. The molecule has 0 N–H and O–H groups in total. The van der Waals surface area contributed by atoms with Gasteiger partial charge in [-0.05, 0) is 25.0 Å². The number of rotatable bonds is 5. The Morgan fingerprint density at radius 1 is 1.15 bits per heavy atom. The lowest BCUT2D eigenvalue weighted by molar-refractivity contribution is 0.149. The molecule has 0 heterocycles. The maximum absolute atomic E-state index is 6.13. The minimum absolute atomic E-state index is 0.324. The highest BCUT2D eigenvalue weighted by Crippen LogP contribution is 2.37. The fourth-order valence-electron chi connectivity index (χ4n) is 2.88. The van der Waals surface area contributed by atoms with Crippen LogP contribution in [0.1, 0.15) is 38.5 Å². The highest BCUT2D eigenvalue weighted by Gasteiger charge is 2.30. The van der Waals surface area contributed by atoms with Gasteiger partial charge in [0.1, 0.15) is 5.75 Å². The Bertz CT molecular complexity index is 411. The van der Waals surface area contributed by atoms with E-state index >= 15 is 0 Å². The van der Waals surface area contributed by atoms with Crippen LogP contribution in [-0.2, 0) is 0 Å². The van der Waals surface area contributed by atoms with E-state index in [1.807, 2.05) is 0 Å². The monoisotopic (exact) mass is 339 g/mol. The van der Waals surface area contributed by atoms with Crippen molar-refractivity contribution < 1.29 is 4.74 Å². The molecule has 0 saturated heterocycles. The van der Waals surface area contributed by atoms with Crippen molar-refractivity contribution in [3.63, 3.8) is 0 Å². The summed E-state index contributed by atoms with van der Waals surface area (Å²) in [4.78, 5) is 2.11. The largest absolute Gasteiger partial charge is 0.493 e. The Hall–Kier alpha value is -0.700. The molecule has 1 aromatic rings. The number of hydrogen-bond donors (Lipinski definition) is 0. The Morgan fingerprint density at radius 3 is 2.45 bits per heavy atom. The van der Waals surface area contributed by atoms with Gasteiger partial charge >= 0.3 is 0 Å². The molecule has 0 atom stereocenters. The van der Waals surface area contributed by atoms with E-state index in [0.717, 1.165) is 17.7 Å². The molecular weight excluding hydrogens is 314 g/mol. The maximum Gasteiger partial charge on any atom is 0.121 e. The van der Waals surface area contributed by atoms with E-state index < -0.39 is 0 Å². The van der Waals surface area contributed by atoms with Crippen LogP contribution in [0.15, 0.2) is 24.3 Å². The third-order valence-corrected chi connectivity index (χ3v) is 5.52. The van der Waals surface area contributed by atoms with Crippen LogP contribution in [0.25, 0.3) is 0 Å². The highest BCUT2D eigenvalue weighted by atomic mass is 79.9. The zero-order chi connectivity index (χ0) is 14.4. The molecule has 2 rings (SSSR count). The van der Waals surface area contributed by atoms with Gasteiger partial charge in [-0.1, -0.05) is 47.7 Å². The van der Waals surface area contributed by atoms with E-state index in [2.05, 4.69) is 59.2 Å². The second-order valence-corrected chi connectivity index (χ2v) is 6.79.